The molecule has 0 bridgehead atoms. The molecule has 5 rings (SSSR count). The average molecular weight is 711 g/mol. The van der Waals surface area contributed by atoms with Crippen molar-refractivity contribution in [2.45, 2.75) is 13.1 Å². The van der Waals surface area contributed by atoms with Crippen molar-refractivity contribution < 1.29 is 19.7 Å². The van der Waals surface area contributed by atoms with Gasteiger partial charge in [-0.15, -0.1) is 0 Å². The molecule has 0 radical (unpaired) electrons. The predicted molar refractivity (Wildman–Crippen MR) is 200 cm³/mol. The van der Waals surface area contributed by atoms with Gasteiger partial charge in [0.1, 0.15) is 11.4 Å². The van der Waals surface area contributed by atoms with Gasteiger partial charge in [-0.2, -0.15) is 0 Å². The average Bonchev–Trinajstić information content (AvgIpc) is 3.11. The van der Waals surface area contributed by atoms with Gasteiger partial charge >= 0.3 is 0 Å². The van der Waals surface area contributed by atoms with E-state index >= 15 is 0 Å². The number of nitrogens with zero attached hydrogens (tertiary/aromatic N) is 8. The molecular formula is C36H38N8O8. The van der Waals surface area contributed by atoms with E-state index in [1.807, 2.05) is 96.3 Å². The fraction of sp³-hybridized carbons (Fsp3) is 0.278. The Kier molecular flexibility index (Phi) is 11.2. The van der Waals surface area contributed by atoms with E-state index in [0.717, 1.165) is 44.8 Å². The standard InChI is InChI=1S/C36H38N8O8/c1-37(2)17-19-39(33-15-13-25(41(45)46)21-35(33)43(49)50)23-31-27-9-5-7-11-29(27)32(30-12-8-6-10-28(30)31)24-40(20-18-38(3)4)34-16-14-26(42(47)48)22-36(34)44(51)52/h5-16,21-22H,17-20,23-24H2,1-4H3. The van der Waals surface area contributed by atoms with Gasteiger partial charge in [-0.05, 0) is 73.0 Å². The van der Waals surface area contributed by atoms with E-state index in [2.05, 4.69) is 0 Å². The predicted octanol–water partition coefficient (Wildman–Crippen LogP) is 6.76. The van der Waals surface area contributed by atoms with E-state index in [1.165, 1.54) is 24.3 Å². The lowest BCUT2D eigenvalue weighted by atomic mass is 9.90. The van der Waals surface area contributed by atoms with Crippen LogP contribution in [0.2, 0.25) is 0 Å². The summed E-state index contributed by atoms with van der Waals surface area (Å²) in [6.45, 7) is 2.28. The van der Waals surface area contributed by atoms with Crippen LogP contribution in [-0.4, -0.2) is 83.9 Å². The lowest BCUT2D eigenvalue weighted by molar-refractivity contribution is -0.394. The van der Waals surface area contributed by atoms with Gasteiger partial charge in [-0.25, -0.2) is 0 Å². The van der Waals surface area contributed by atoms with Gasteiger partial charge in [0.2, 0.25) is 0 Å². The van der Waals surface area contributed by atoms with Crippen LogP contribution in [0.4, 0.5) is 34.1 Å². The molecule has 5 aromatic rings. The van der Waals surface area contributed by atoms with Crippen molar-refractivity contribution in [2.24, 2.45) is 0 Å². The Bertz CT molecular complexity index is 1970. The smallest absolute Gasteiger partial charge is 0.299 e. The normalized spacial score (nSPS) is 11.3. The molecule has 0 aliphatic heterocycles. The zero-order valence-electron chi connectivity index (χ0n) is 29.2. The van der Waals surface area contributed by atoms with Crippen molar-refractivity contribution in [3.63, 3.8) is 0 Å². The first-order valence-corrected chi connectivity index (χ1v) is 16.3. The van der Waals surface area contributed by atoms with Crippen LogP contribution in [0.3, 0.4) is 0 Å². The number of hydrogen-bond donors (Lipinski definition) is 0. The number of non-ortho nitro benzene ring substituents is 2. The van der Waals surface area contributed by atoms with Gasteiger partial charge in [-0.1, -0.05) is 48.5 Å². The molecule has 16 nitrogen and oxygen atoms in total. The van der Waals surface area contributed by atoms with Gasteiger partial charge in [0.05, 0.1) is 31.8 Å². The quantitative estimate of drug-likeness (QED) is 0.0596. The molecule has 0 N–H and O–H groups in total. The molecule has 0 aliphatic rings. The molecule has 0 spiro atoms. The Balaban J connectivity index is 1.71. The van der Waals surface area contributed by atoms with E-state index in [1.54, 1.807) is 0 Å². The summed E-state index contributed by atoms with van der Waals surface area (Å²) < 4.78 is 0. The second kappa shape index (κ2) is 15.7. The molecule has 0 aliphatic carbocycles. The highest BCUT2D eigenvalue weighted by molar-refractivity contribution is 6.06. The van der Waals surface area contributed by atoms with Crippen LogP contribution >= 0.6 is 0 Å². The third-order valence-electron chi connectivity index (χ3n) is 8.90. The molecule has 0 amide bonds. The molecule has 0 fully saturated rings. The van der Waals surface area contributed by atoms with Crippen LogP contribution in [0, 0.1) is 40.5 Å². The Labute approximate surface area is 298 Å². The SMILES string of the molecule is CN(C)CCN(Cc1c2ccccc2c(CN(CCN(C)C)c2ccc([N+](=O)[O-])cc2[N+](=O)[O-])c2ccccc12)c1ccc([N+](=O)[O-])cc1[N+](=O)[O-]. The van der Waals surface area contributed by atoms with Crippen molar-refractivity contribution >= 4 is 55.7 Å². The zero-order chi connectivity index (χ0) is 37.7. The molecule has 0 saturated carbocycles. The summed E-state index contributed by atoms with van der Waals surface area (Å²) in [4.78, 5) is 52.6. The van der Waals surface area contributed by atoms with Crippen LogP contribution < -0.4 is 9.80 Å². The molecule has 270 valence electrons. The zero-order valence-corrected chi connectivity index (χ0v) is 29.2. The van der Waals surface area contributed by atoms with E-state index in [9.17, 15) is 40.5 Å². The molecular weight excluding hydrogens is 672 g/mol. The lowest BCUT2D eigenvalue weighted by Crippen LogP contribution is -2.32. The highest BCUT2D eigenvalue weighted by Crippen LogP contribution is 2.40. The summed E-state index contributed by atoms with van der Waals surface area (Å²) in [6, 6.07) is 22.8. The summed E-state index contributed by atoms with van der Waals surface area (Å²) in [7, 11) is 7.55. The van der Waals surface area contributed by atoms with Crippen LogP contribution in [0.25, 0.3) is 21.5 Å². The van der Waals surface area contributed by atoms with Crippen molar-refractivity contribution in [2.75, 3.05) is 64.2 Å². The second-order valence-electron chi connectivity index (χ2n) is 12.9. The number of anilines is 2. The Morgan fingerprint density at radius 2 is 0.788 bits per heavy atom. The highest BCUT2D eigenvalue weighted by Gasteiger charge is 2.28. The monoisotopic (exact) mass is 710 g/mol. The molecule has 0 aromatic heterocycles. The Morgan fingerprint density at radius 1 is 0.462 bits per heavy atom. The largest absolute Gasteiger partial charge is 0.360 e. The Hall–Kier alpha value is -6.26. The number of benzene rings is 5. The van der Waals surface area contributed by atoms with E-state index in [-0.39, 0.29) is 47.2 Å². The number of nitro groups is 4. The first kappa shape index (κ1) is 37.0. The van der Waals surface area contributed by atoms with Gasteiger partial charge in [0.15, 0.2) is 0 Å². The summed E-state index contributed by atoms with van der Waals surface area (Å²) in [5.74, 6) is 0. The molecule has 0 unspecified atom stereocenters. The maximum Gasteiger partial charge on any atom is 0.299 e. The summed E-state index contributed by atoms with van der Waals surface area (Å²) in [5.41, 5.74) is 0.736. The molecule has 5 aromatic carbocycles. The molecule has 0 saturated heterocycles. The fourth-order valence-electron chi connectivity index (χ4n) is 6.32. The number of hydrogen-bond acceptors (Lipinski definition) is 12. The summed E-state index contributed by atoms with van der Waals surface area (Å²) in [5, 5.41) is 51.0. The topological polar surface area (TPSA) is 186 Å². The highest BCUT2D eigenvalue weighted by atomic mass is 16.6. The summed E-state index contributed by atoms with van der Waals surface area (Å²) in [6.07, 6.45) is 0. The molecule has 0 atom stereocenters. The van der Waals surface area contributed by atoms with Crippen molar-refractivity contribution in [1.29, 1.82) is 0 Å². The maximum atomic E-state index is 12.3. The maximum absolute atomic E-state index is 12.3. The molecule has 16 heteroatoms. The minimum atomic E-state index is -0.659. The van der Waals surface area contributed by atoms with Crippen LogP contribution in [0.15, 0.2) is 84.9 Å². The minimum Gasteiger partial charge on any atom is -0.360 e. The van der Waals surface area contributed by atoms with Crippen LogP contribution in [-0.2, 0) is 13.1 Å². The third-order valence-corrected chi connectivity index (χ3v) is 8.90. The molecule has 52 heavy (non-hydrogen) atoms. The number of fused-ring (bicyclic) bond motifs is 2. The van der Waals surface area contributed by atoms with Gasteiger partial charge < -0.3 is 19.6 Å². The first-order valence-electron chi connectivity index (χ1n) is 16.3. The Morgan fingerprint density at radius 3 is 1.06 bits per heavy atom. The summed E-state index contributed by atoms with van der Waals surface area (Å²) >= 11 is 0. The number of likely N-dealkylation sites (N-methyl/N-ethyl adjacent to an activating group) is 2. The van der Waals surface area contributed by atoms with Gasteiger partial charge in [0.25, 0.3) is 22.7 Å². The lowest BCUT2D eigenvalue weighted by Gasteiger charge is -2.30. The van der Waals surface area contributed by atoms with Crippen LogP contribution in [0.1, 0.15) is 11.1 Å². The van der Waals surface area contributed by atoms with E-state index in [4.69, 9.17) is 0 Å². The van der Waals surface area contributed by atoms with Crippen molar-refractivity contribution in [3.05, 3.63) is 137 Å². The van der Waals surface area contributed by atoms with Crippen molar-refractivity contribution in [3.8, 4) is 0 Å². The minimum absolute atomic E-state index is 0.228. The van der Waals surface area contributed by atoms with Crippen LogP contribution in [0.5, 0.6) is 0 Å². The van der Waals surface area contributed by atoms with Gasteiger partial charge in [-0.3, -0.25) is 40.5 Å². The number of rotatable bonds is 16. The first-order chi connectivity index (χ1) is 24.8. The van der Waals surface area contributed by atoms with Gasteiger partial charge in [0, 0.05) is 51.4 Å². The fourth-order valence-corrected chi connectivity index (χ4v) is 6.32. The molecule has 0 heterocycles. The van der Waals surface area contributed by atoms with Crippen molar-refractivity contribution in [1.82, 2.24) is 9.80 Å². The van der Waals surface area contributed by atoms with E-state index in [0.29, 0.717) is 26.2 Å². The number of nitro benzene ring substituents is 4. The van der Waals surface area contributed by atoms with E-state index < -0.39 is 19.7 Å². The second-order valence-corrected chi connectivity index (χ2v) is 12.9. The third kappa shape index (κ3) is 8.03.